The molecule has 0 amide bonds. The standard InChI is InChI=1S/C15H31N3/c1-14(18-11-5-6-12-18)13-16-9-8-15-7-3-4-10-17(15)2/h14-16H,3-13H2,1-2H3. The van der Waals surface area contributed by atoms with Gasteiger partial charge in [-0.05, 0) is 72.3 Å². The molecule has 3 heteroatoms. The summed E-state index contributed by atoms with van der Waals surface area (Å²) in [6.07, 6.45) is 8.35. The van der Waals surface area contributed by atoms with Crippen molar-refractivity contribution < 1.29 is 0 Å². The van der Waals surface area contributed by atoms with Crippen LogP contribution in [-0.4, -0.2) is 61.7 Å². The largest absolute Gasteiger partial charge is 0.315 e. The molecule has 0 aromatic carbocycles. The van der Waals surface area contributed by atoms with E-state index in [1.165, 1.54) is 64.7 Å². The molecule has 2 heterocycles. The molecule has 0 aliphatic carbocycles. The summed E-state index contributed by atoms with van der Waals surface area (Å²) in [7, 11) is 2.29. The van der Waals surface area contributed by atoms with E-state index in [-0.39, 0.29) is 0 Å². The molecule has 0 aromatic rings. The van der Waals surface area contributed by atoms with Gasteiger partial charge < -0.3 is 10.2 Å². The van der Waals surface area contributed by atoms with E-state index in [0.29, 0.717) is 0 Å². The maximum atomic E-state index is 3.66. The molecule has 3 nitrogen and oxygen atoms in total. The molecule has 2 aliphatic heterocycles. The van der Waals surface area contributed by atoms with Gasteiger partial charge in [0.2, 0.25) is 0 Å². The average molecular weight is 253 g/mol. The van der Waals surface area contributed by atoms with Crippen molar-refractivity contribution in [3.8, 4) is 0 Å². The van der Waals surface area contributed by atoms with Crippen molar-refractivity contribution in [2.24, 2.45) is 0 Å². The van der Waals surface area contributed by atoms with Gasteiger partial charge in [0.05, 0.1) is 0 Å². The number of nitrogens with one attached hydrogen (secondary N) is 1. The van der Waals surface area contributed by atoms with E-state index in [4.69, 9.17) is 0 Å². The Bertz CT molecular complexity index is 226. The molecular formula is C15H31N3. The number of likely N-dealkylation sites (tertiary alicyclic amines) is 2. The summed E-state index contributed by atoms with van der Waals surface area (Å²) in [6, 6.07) is 1.55. The Morgan fingerprint density at radius 2 is 1.83 bits per heavy atom. The predicted octanol–water partition coefficient (Wildman–Crippen LogP) is 1.93. The van der Waals surface area contributed by atoms with Gasteiger partial charge in [-0.15, -0.1) is 0 Å². The van der Waals surface area contributed by atoms with Gasteiger partial charge in [-0.3, -0.25) is 4.90 Å². The Hall–Kier alpha value is -0.120. The van der Waals surface area contributed by atoms with Crippen LogP contribution in [0.1, 0.15) is 45.4 Å². The van der Waals surface area contributed by atoms with E-state index in [1.54, 1.807) is 0 Å². The van der Waals surface area contributed by atoms with Crippen LogP contribution in [0.3, 0.4) is 0 Å². The Balaban J connectivity index is 1.54. The average Bonchev–Trinajstić information content (AvgIpc) is 2.90. The molecule has 0 spiro atoms. The van der Waals surface area contributed by atoms with Crippen LogP contribution in [0.15, 0.2) is 0 Å². The first-order chi connectivity index (χ1) is 8.77. The van der Waals surface area contributed by atoms with E-state index < -0.39 is 0 Å². The Morgan fingerprint density at radius 3 is 2.56 bits per heavy atom. The highest BCUT2D eigenvalue weighted by Gasteiger charge is 2.19. The second-order valence-corrected chi connectivity index (χ2v) is 6.22. The number of rotatable bonds is 6. The van der Waals surface area contributed by atoms with Crippen LogP contribution in [-0.2, 0) is 0 Å². The number of hydrogen-bond donors (Lipinski definition) is 1. The van der Waals surface area contributed by atoms with Gasteiger partial charge in [0.1, 0.15) is 0 Å². The molecule has 1 N–H and O–H groups in total. The molecule has 2 unspecified atom stereocenters. The monoisotopic (exact) mass is 253 g/mol. The predicted molar refractivity (Wildman–Crippen MR) is 78.0 cm³/mol. The zero-order valence-corrected chi connectivity index (χ0v) is 12.3. The lowest BCUT2D eigenvalue weighted by Gasteiger charge is -2.32. The first kappa shape index (κ1) is 14.3. The Labute approximate surface area is 113 Å². The molecule has 2 fully saturated rings. The van der Waals surface area contributed by atoms with Crippen molar-refractivity contribution in [2.45, 2.75) is 57.5 Å². The van der Waals surface area contributed by atoms with Gasteiger partial charge in [0.15, 0.2) is 0 Å². The summed E-state index contributed by atoms with van der Waals surface area (Å²) in [4.78, 5) is 5.18. The minimum atomic E-state index is 0.719. The summed E-state index contributed by atoms with van der Waals surface area (Å²) < 4.78 is 0. The molecular weight excluding hydrogens is 222 g/mol. The number of nitrogens with zero attached hydrogens (tertiary/aromatic N) is 2. The summed E-state index contributed by atoms with van der Waals surface area (Å²) in [5.41, 5.74) is 0. The Morgan fingerprint density at radius 1 is 1.11 bits per heavy atom. The van der Waals surface area contributed by atoms with Crippen LogP contribution in [0.5, 0.6) is 0 Å². The fourth-order valence-corrected chi connectivity index (χ4v) is 3.40. The maximum Gasteiger partial charge on any atom is 0.0192 e. The molecule has 0 saturated carbocycles. The maximum absolute atomic E-state index is 3.66. The molecule has 0 radical (unpaired) electrons. The molecule has 2 saturated heterocycles. The third-order valence-electron chi connectivity index (χ3n) is 4.78. The summed E-state index contributed by atoms with van der Waals surface area (Å²) in [5.74, 6) is 0. The van der Waals surface area contributed by atoms with Gasteiger partial charge in [-0.25, -0.2) is 0 Å². The topological polar surface area (TPSA) is 18.5 Å². The fraction of sp³-hybridized carbons (Fsp3) is 1.00. The zero-order chi connectivity index (χ0) is 12.8. The van der Waals surface area contributed by atoms with Gasteiger partial charge in [-0.1, -0.05) is 6.42 Å². The summed E-state index contributed by atoms with van der Waals surface area (Å²) >= 11 is 0. The lowest BCUT2D eigenvalue weighted by Crippen LogP contribution is -2.41. The van der Waals surface area contributed by atoms with Crippen molar-refractivity contribution in [1.82, 2.24) is 15.1 Å². The first-order valence-electron chi connectivity index (χ1n) is 7.92. The molecule has 0 bridgehead atoms. The summed E-state index contributed by atoms with van der Waals surface area (Å²) in [5, 5.41) is 3.66. The van der Waals surface area contributed by atoms with Crippen molar-refractivity contribution in [2.75, 3.05) is 39.8 Å². The van der Waals surface area contributed by atoms with Crippen LogP contribution in [0.2, 0.25) is 0 Å². The molecule has 0 aromatic heterocycles. The van der Waals surface area contributed by atoms with Gasteiger partial charge >= 0.3 is 0 Å². The van der Waals surface area contributed by atoms with Crippen molar-refractivity contribution in [1.29, 1.82) is 0 Å². The minimum Gasteiger partial charge on any atom is -0.315 e. The number of hydrogen-bond acceptors (Lipinski definition) is 3. The van der Waals surface area contributed by atoms with Gasteiger partial charge in [0, 0.05) is 18.6 Å². The van der Waals surface area contributed by atoms with Crippen LogP contribution >= 0.6 is 0 Å². The Kier molecular flexibility index (Phi) is 5.93. The number of piperidine rings is 1. The van der Waals surface area contributed by atoms with Gasteiger partial charge in [0.25, 0.3) is 0 Å². The lowest BCUT2D eigenvalue weighted by molar-refractivity contribution is 0.173. The van der Waals surface area contributed by atoms with Crippen LogP contribution in [0.4, 0.5) is 0 Å². The SMILES string of the molecule is CC(CNCCC1CCCCN1C)N1CCCC1. The van der Waals surface area contributed by atoms with Gasteiger partial charge in [-0.2, -0.15) is 0 Å². The third-order valence-corrected chi connectivity index (χ3v) is 4.78. The van der Waals surface area contributed by atoms with Crippen molar-refractivity contribution in [3.05, 3.63) is 0 Å². The fourth-order valence-electron chi connectivity index (χ4n) is 3.40. The first-order valence-corrected chi connectivity index (χ1v) is 7.92. The highest BCUT2D eigenvalue weighted by Crippen LogP contribution is 2.17. The van der Waals surface area contributed by atoms with Crippen LogP contribution < -0.4 is 5.32 Å². The van der Waals surface area contributed by atoms with E-state index in [0.717, 1.165) is 18.6 Å². The molecule has 2 aliphatic rings. The second-order valence-electron chi connectivity index (χ2n) is 6.22. The van der Waals surface area contributed by atoms with E-state index in [2.05, 4.69) is 29.1 Å². The minimum absolute atomic E-state index is 0.719. The molecule has 2 rings (SSSR count). The quantitative estimate of drug-likeness (QED) is 0.730. The normalized spacial score (nSPS) is 28.7. The van der Waals surface area contributed by atoms with Crippen molar-refractivity contribution in [3.63, 3.8) is 0 Å². The lowest BCUT2D eigenvalue weighted by atomic mass is 10.0. The summed E-state index contributed by atoms with van der Waals surface area (Å²) in [6.45, 7) is 8.64. The highest BCUT2D eigenvalue weighted by molar-refractivity contribution is 4.77. The van der Waals surface area contributed by atoms with Crippen molar-refractivity contribution >= 4 is 0 Å². The highest BCUT2D eigenvalue weighted by atomic mass is 15.2. The smallest absolute Gasteiger partial charge is 0.0192 e. The van der Waals surface area contributed by atoms with Crippen LogP contribution in [0.25, 0.3) is 0 Å². The molecule has 18 heavy (non-hydrogen) atoms. The van der Waals surface area contributed by atoms with E-state index >= 15 is 0 Å². The van der Waals surface area contributed by atoms with E-state index in [1.807, 2.05) is 0 Å². The van der Waals surface area contributed by atoms with Crippen LogP contribution in [0, 0.1) is 0 Å². The molecule has 2 atom stereocenters. The van der Waals surface area contributed by atoms with E-state index in [9.17, 15) is 0 Å². The zero-order valence-electron chi connectivity index (χ0n) is 12.3. The molecule has 106 valence electrons. The second kappa shape index (κ2) is 7.46. The third kappa shape index (κ3) is 4.22.